The van der Waals surface area contributed by atoms with Gasteiger partial charge < -0.3 is 14.5 Å². The molecule has 3 aromatic rings. The molecule has 122 valence electrons. The quantitative estimate of drug-likeness (QED) is 0.699. The third kappa shape index (κ3) is 3.69. The highest BCUT2D eigenvalue weighted by Crippen LogP contribution is 2.22. The van der Waals surface area contributed by atoms with Gasteiger partial charge in [-0.2, -0.15) is 0 Å². The number of aryl methyl sites for hydroxylation is 1. The van der Waals surface area contributed by atoms with Crippen LogP contribution in [0.3, 0.4) is 0 Å². The Kier molecular flexibility index (Phi) is 4.72. The molecule has 0 saturated carbocycles. The van der Waals surface area contributed by atoms with E-state index in [1.807, 2.05) is 55.5 Å². The average Bonchev–Trinajstić information content (AvgIpc) is 3.05. The summed E-state index contributed by atoms with van der Waals surface area (Å²) in [5.41, 5.74) is 2.81. The highest BCUT2D eigenvalue weighted by atomic mass is 32.1. The highest BCUT2D eigenvalue weighted by molar-refractivity contribution is 7.80. The van der Waals surface area contributed by atoms with Crippen LogP contribution in [-0.4, -0.2) is 22.4 Å². The number of methoxy groups -OCH3 is 1. The molecule has 0 atom stereocenters. The van der Waals surface area contributed by atoms with E-state index in [1.165, 1.54) is 0 Å². The van der Waals surface area contributed by atoms with E-state index < -0.39 is 0 Å². The number of benzene rings is 2. The van der Waals surface area contributed by atoms with E-state index in [9.17, 15) is 0 Å². The van der Waals surface area contributed by atoms with Crippen LogP contribution in [0.5, 0.6) is 5.75 Å². The second-order valence-corrected chi connectivity index (χ2v) is 5.44. The maximum absolute atomic E-state index is 5.58. The molecule has 1 aromatic heterocycles. The first-order valence-electron chi connectivity index (χ1n) is 7.27. The summed E-state index contributed by atoms with van der Waals surface area (Å²) >= 11 is 5.27. The van der Waals surface area contributed by atoms with Gasteiger partial charge in [0.05, 0.1) is 7.11 Å². The van der Waals surface area contributed by atoms with E-state index in [0.717, 1.165) is 22.6 Å². The molecule has 7 heteroatoms. The van der Waals surface area contributed by atoms with Gasteiger partial charge in [-0.25, -0.2) is 0 Å². The van der Waals surface area contributed by atoms with Gasteiger partial charge in [-0.3, -0.25) is 5.32 Å². The molecule has 0 bridgehead atoms. The van der Waals surface area contributed by atoms with Crippen LogP contribution in [0, 0.1) is 6.92 Å². The van der Waals surface area contributed by atoms with Crippen molar-refractivity contribution in [2.45, 2.75) is 6.92 Å². The molecule has 2 aromatic carbocycles. The van der Waals surface area contributed by atoms with Crippen molar-refractivity contribution in [2.75, 3.05) is 17.7 Å². The first kappa shape index (κ1) is 15.9. The Bertz CT molecular complexity index is 846. The van der Waals surface area contributed by atoms with Gasteiger partial charge in [-0.1, -0.05) is 23.3 Å². The van der Waals surface area contributed by atoms with Gasteiger partial charge in [0.25, 0.3) is 0 Å². The number of hydrogen-bond acceptors (Lipinski definition) is 5. The van der Waals surface area contributed by atoms with E-state index in [2.05, 4.69) is 20.8 Å². The van der Waals surface area contributed by atoms with Gasteiger partial charge >= 0.3 is 6.01 Å². The topological polar surface area (TPSA) is 72.2 Å². The normalized spacial score (nSPS) is 10.2. The SMILES string of the molecule is COc1ccc(-c2nnc(NC(=S)Nc3ccccc3C)o2)cc1. The molecule has 0 radical (unpaired) electrons. The number of rotatable bonds is 4. The Morgan fingerprint density at radius 2 is 1.79 bits per heavy atom. The number of anilines is 2. The number of para-hydroxylation sites is 1. The Balaban J connectivity index is 1.67. The van der Waals surface area contributed by atoms with E-state index >= 15 is 0 Å². The zero-order chi connectivity index (χ0) is 16.9. The van der Waals surface area contributed by atoms with E-state index in [1.54, 1.807) is 7.11 Å². The van der Waals surface area contributed by atoms with Crippen molar-refractivity contribution in [3.05, 3.63) is 54.1 Å². The molecule has 0 fully saturated rings. The van der Waals surface area contributed by atoms with Crippen molar-refractivity contribution in [1.29, 1.82) is 0 Å². The van der Waals surface area contributed by atoms with Crippen molar-refractivity contribution in [3.63, 3.8) is 0 Å². The van der Waals surface area contributed by atoms with E-state index in [0.29, 0.717) is 11.0 Å². The highest BCUT2D eigenvalue weighted by Gasteiger charge is 2.10. The van der Waals surface area contributed by atoms with Crippen LogP contribution in [0.4, 0.5) is 11.7 Å². The monoisotopic (exact) mass is 340 g/mol. The molecular weight excluding hydrogens is 324 g/mol. The van der Waals surface area contributed by atoms with Crippen LogP contribution < -0.4 is 15.4 Å². The van der Waals surface area contributed by atoms with Crippen molar-refractivity contribution in [3.8, 4) is 17.2 Å². The minimum absolute atomic E-state index is 0.229. The molecule has 2 N–H and O–H groups in total. The Morgan fingerprint density at radius 1 is 1.04 bits per heavy atom. The standard InChI is InChI=1S/C17H16N4O2S/c1-11-5-3-4-6-14(11)18-17(24)19-16-21-20-15(23-16)12-7-9-13(22-2)10-8-12/h3-10H,1-2H3,(H2,18,19,21,24). The zero-order valence-corrected chi connectivity index (χ0v) is 14.1. The van der Waals surface area contributed by atoms with Crippen LogP contribution in [0.2, 0.25) is 0 Å². The van der Waals surface area contributed by atoms with E-state index in [4.69, 9.17) is 21.4 Å². The minimum Gasteiger partial charge on any atom is -0.497 e. The van der Waals surface area contributed by atoms with Gasteiger partial charge in [-0.05, 0) is 55.0 Å². The van der Waals surface area contributed by atoms with Gasteiger partial charge in [0.15, 0.2) is 5.11 Å². The van der Waals surface area contributed by atoms with Crippen molar-refractivity contribution in [2.24, 2.45) is 0 Å². The summed E-state index contributed by atoms with van der Waals surface area (Å²) < 4.78 is 10.7. The Labute approximate surface area is 144 Å². The number of nitrogens with one attached hydrogen (secondary N) is 2. The summed E-state index contributed by atoms with van der Waals surface area (Å²) in [5, 5.41) is 14.3. The lowest BCUT2D eigenvalue weighted by Gasteiger charge is -2.09. The lowest BCUT2D eigenvalue weighted by atomic mass is 10.2. The fraction of sp³-hybridized carbons (Fsp3) is 0.118. The molecule has 0 amide bonds. The largest absolute Gasteiger partial charge is 0.497 e. The summed E-state index contributed by atoms with van der Waals surface area (Å²) in [6.07, 6.45) is 0. The fourth-order valence-corrected chi connectivity index (χ4v) is 2.29. The number of hydrogen-bond donors (Lipinski definition) is 2. The first-order valence-corrected chi connectivity index (χ1v) is 7.68. The second-order valence-electron chi connectivity index (χ2n) is 5.03. The molecule has 1 heterocycles. The predicted molar refractivity (Wildman–Crippen MR) is 97.3 cm³/mol. The minimum atomic E-state index is 0.229. The zero-order valence-electron chi connectivity index (χ0n) is 13.2. The first-order chi connectivity index (χ1) is 11.7. The molecule has 6 nitrogen and oxygen atoms in total. The smallest absolute Gasteiger partial charge is 0.322 e. The van der Waals surface area contributed by atoms with Crippen molar-refractivity contribution < 1.29 is 9.15 Å². The van der Waals surface area contributed by atoms with Crippen LogP contribution in [0.25, 0.3) is 11.5 Å². The maximum Gasteiger partial charge on any atom is 0.322 e. The number of nitrogens with zero attached hydrogens (tertiary/aromatic N) is 2. The van der Waals surface area contributed by atoms with Gasteiger partial charge in [0, 0.05) is 11.3 Å². The molecular formula is C17H16N4O2S. The van der Waals surface area contributed by atoms with Crippen molar-refractivity contribution in [1.82, 2.24) is 10.2 Å². The number of aromatic nitrogens is 2. The van der Waals surface area contributed by atoms with Crippen LogP contribution >= 0.6 is 12.2 Å². The molecule has 0 aliphatic carbocycles. The molecule has 0 aliphatic heterocycles. The predicted octanol–water partition coefficient (Wildman–Crippen LogP) is 3.86. The molecule has 0 aliphatic rings. The second kappa shape index (κ2) is 7.10. The molecule has 0 unspecified atom stereocenters. The lowest BCUT2D eigenvalue weighted by Crippen LogP contribution is -2.19. The van der Waals surface area contributed by atoms with Crippen LogP contribution in [-0.2, 0) is 0 Å². The Morgan fingerprint density at radius 3 is 2.50 bits per heavy atom. The van der Waals surface area contributed by atoms with Crippen LogP contribution in [0.15, 0.2) is 52.9 Å². The number of ether oxygens (including phenoxy) is 1. The molecule has 24 heavy (non-hydrogen) atoms. The molecule has 3 rings (SSSR count). The summed E-state index contributed by atoms with van der Waals surface area (Å²) in [6.45, 7) is 2.00. The third-order valence-corrected chi connectivity index (χ3v) is 3.58. The molecule has 0 saturated heterocycles. The number of thiocarbonyl (C=S) groups is 1. The lowest BCUT2D eigenvalue weighted by molar-refractivity contribution is 0.415. The maximum atomic E-state index is 5.58. The summed E-state index contributed by atoms with van der Waals surface area (Å²) in [5.74, 6) is 1.17. The Hall–Kier alpha value is -2.93. The summed E-state index contributed by atoms with van der Waals surface area (Å²) in [7, 11) is 1.62. The summed E-state index contributed by atoms with van der Waals surface area (Å²) in [6, 6.07) is 15.4. The summed E-state index contributed by atoms with van der Waals surface area (Å²) in [4.78, 5) is 0. The van der Waals surface area contributed by atoms with Gasteiger partial charge in [0.1, 0.15) is 5.75 Å². The van der Waals surface area contributed by atoms with Gasteiger partial charge in [-0.15, -0.1) is 5.10 Å². The van der Waals surface area contributed by atoms with E-state index in [-0.39, 0.29) is 6.01 Å². The van der Waals surface area contributed by atoms with Gasteiger partial charge in [0.2, 0.25) is 5.89 Å². The van der Waals surface area contributed by atoms with Crippen molar-refractivity contribution >= 4 is 29.0 Å². The van der Waals surface area contributed by atoms with Crippen LogP contribution in [0.1, 0.15) is 5.56 Å². The third-order valence-electron chi connectivity index (χ3n) is 3.38. The molecule has 0 spiro atoms. The fourth-order valence-electron chi connectivity index (χ4n) is 2.09. The average molecular weight is 340 g/mol.